The zero-order valence-corrected chi connectivity index (χ0v) is 13.9. The van der Waals surface area contributed by atoms with Gasteiger partial charge in [0.25, 0.3) is 5.91 Å². The van der Waals surface area contributed by atoms with Crippen LogP contribution in [0.2, 0.25) is 0 Å². The van der Waals surface area contributed by atoms with E-state index < -0.39 is 18.6 Å². The molecule has 1 N–H and O–H groups in total. The smallest absolute Gasteiger partial charge is 0.358 e. The Hall–Kier alpha value is -3.11. The van der Waals surface area contributed by atoms with E-state index in [1.165, 1.54) is 41.4 Å². The molecule has 0 bridgehead atoms. The van der Waals surface area contributed by atoms with Crippen LogP contribution in [0.5, 0.6) is 0 Å². The van der Waals surface area contributed by atoms with E-state index in [1.54, 1.807) is 0 Å². The number of nitrogens with zero attached hydrogens (tertiary/aromatic N) is 5. The highest BCUT2D eigenvalue weighted by Crippen LogP contribution is 2.19. The van der Waals surface area contributed by atoms with Gasteiger partial charge >= 0.3 is 6.18 Å². The highest BCUT2D eigenvalue weighted by atomic mass is 19.4. The van der Waals surface area contributed by atoms with Gasteiger partial charge in [0.05, 0.1) is 24.6 Å². The lowest BCUT2D eigenvalue weighted by atomic mass is 10.3. The number of alkyl halides is 3. The standard InChI is InChI=1S/C15H17F3N6O2/c1-3-14(26)24(12-5-21-22(8-12)9-13(25)19-2)7-11-4-20-23(6-11)10-15(16,17)18/h3-6,8H,1,7,9-10H2,2H3,(H,19,25). The first-order valence-corrected chi connectivity index (χ1v) is 7.47. The normalized spacial score (nSPS) is 11.2. The van der Waals surface area contributed by atoms with Crippen molar-refractivity contribution < 1.29 is 22.8 Å². The summed E-state index contributed by atoms with van der Waals surface area (Å²) in [4.78, 5) is 24.8. The lowest BCUT2D eigenvalue weighted by Gasteiger charge is -2.18. The van der Waals surface area contributed by atoms with Crippen LogP contribution in [0.15, 0.2) is 37.4 Å². The van der Waals surface area contributed by atoms with Crippen molar-refractivity contribution in [3.05, 3.63) is 43.0 Å². The van der Waals surface area contributed by atoms with E-state index in [-0.39, 0.29) is 19.0 Å². The zero-order chi connectivity index (χ0) is 19.3. The van der Waals surface area contributed by atoms with Crippen molar-refractivity contribution in [3.63, 3.8) is 0 Å². The molecule has 26 heavy (non-hydrogen) atoms. The monoisotopic (exact) mass is 370 g/mol. The molecule has 2 rings (SSSR count). The number of aromatic nitrogens is 4. The second-order valence-electron chi connectivity index (χ2n) is 5.36. The summed E-state index contributed by atoms with van der Waals surface area (Å²) >= 11 is 0. The molecule has 0 aliphatic heterocycles. The summed E-state index contributed by atoms with van der Waals surface area (Å²) in [5, 5.41) is 10.1. The fourth-order valence-corrected chi connectivity index (χ4v) is 2.15. The third-order valence-electron chi connectivity index (χ3n) is 3.33. The number of halogens is 3. The van der Waals surface area contributed by atoms with E-state index in [9.17, 15) is 22.8 Å². The molecule has 2 aromatic rings. The number of rotatable bonds is 7. The van der Waals surface area contributed by atoms with Gasteiger partial charge in [-0.2, -0.15) is 23.4 Å². The van der Waals surface area contributed by atoms with Crippen LogP contribution in [-0.2, 0) is 29.2 Å². The number of nitrogens with one attached hydrogen (secondary N) is 1. The largest absolute Gasteiger partial charge is 0.408 e. The first kappa shape index (κ1) is 19.2. The van der Waals surface area contributed by atoms with Gasteiger partial charge < -0.3 is 10.2 Å². The summed E-state index contributed by atoms with van der Waals surface area (Å²) in [5.74, 6) is -0.734. The maximum atomic E-state index is 12.4. The molecule has 0 saturated heterocycles. The minimum absolute atomic E-state index is 0.0195. The average Bonchev–Trinajstić information content (AvgIpc) is 3.19. The summed E-state index contributed by atoms with van der Waals surface area (Å²) < 4.78 is 39.3. The van der Waals surface area contributed by atoms with Gasteiger partial charge in [0.15, 0.2) is 0 Å². The fraction of sp³-hybridized carbons (Fsp3) is 0.333. The Morgan fingerprint density at radius 3 is 2.58 bits per heavy atom. The van der Waals surface area contributed by atoms with Crippen LogP contribution in [0.3, 0.4) is 0 Å². The number of anilines is 1. The van der Waals surface area contributed by atoms with Gasteiger partial charge in [-0.05, 0) is 6.08 Å². The molecule has 0 radical (unpaired) electrons. The van der Waals surface area contributed by atoms with Gasteiger partial charge in [0.1, 0.15) is 13.1 Å². The second kappa shape index (κ2) is 7.85. The van der Waals surface area contributed by atoms with Crippen LogP contribution in [0, 0.1) is 0 Å². The summed E-state index contributed by atoms with van der Waals surface area (Å²) in [7, 11) is 1.49. The molecular formula is C15H17F3N6O2. The molecule has 2 heterocycles. The first-order chi connectivity index (χ1) is 12.2. The van der Waals surface area contributed by atoms with Gasteiger partial charge in [0.2, 0.25) is 5.91 Å². The van der Waals surface area contributed by atoms with Crippen molar-refractivity contribution in [2.45, 2.75) is 25.8 Å². The molecule has 2 amide bonds. The van der Waals surface area contributed by atoms with Gasteiger partial charge in [-0.25, -0.2) is 0 Å². The predicted molar refractivity (Wildman–Crippen MR) is 86.0 cm³/mol. The summed E-state index contributed by atoms with van der Waals surface area (Å²) in [5.41, 5.74) is 0.783. The highest BCUT2D eigenvalue weighted by Gasteiger charge is 2.28. The predicted octanol–water partition coefficient (Wildman–Crippen LogP) is 1.11. The number of hydrogen-bond acceptors (Lipinski definition) is 4. The lowest BCUT2D eigenvalue weighted by molar-refractivity contribution is -0.142. The number of likely N-dealkylation sites (N-methyl/N-ethyl adjacent to an activating group) is 1. The van der Waals surface area contributed by atoms with E-state index in [1.807, 2.05) is 0 Å². The van der Waals surface area contributed by atoms with E-state index in [0.717, 1.165) is 10.8 Å². The quantitative estimate of drug-likeness (QED) is 0.740. The van der Waals surface area contributed by atoms with Crippen LogP contribution in [-0.4, -0.2) is 44.6 Å². The average molecular weight is 370 g/mol. The lowest BCUT2D eigenvalue weighted by Crippen LogP contribution is -2.28. The Morgan fingerprint density at radius 2 is 1.96 bits per heavy atom. The fourth-order valence-electron chi connectivity index (χ4n) is 2.15. The molecule has 0 fully saturated rings. The molecule has 0 aliphatic carbocycles. The van der Waals surface area contributed by atoms with Crippen molar-refractivity contribution >= 4 is 17.5 Å². The van der Waals surface area contributed by atoms with Crippen molar-refractivity contribution in [1.29, 1.82) is 0 Å². The maximum absolute atomic E-state index is 12.4. The Labute approximate surface area is 146 Å². The third kappa shape index (κ3) is 5.19. The maximum Gasteiger partial charge on any atom is 0.408 e. The topological polar surface area (TPSA) is 85.1 Å². The van der Waals surface area contributed by atoms with Gasteiger partial charge in [0, 0.05) is 25.0 Å². The summed E-state index contributed by atoms with van der Waals surface area (Å²) in [6, 6.07) is 0. The van der Waals surface area contributed by atoms with E-state index in [2.05, 4.69) is 22.1 Å². The third-order valence-corrected chi connectivity index (χ3v) is 3.33. The summed E-state index contributed by atoms with van der Waals surface area (Å²) in [6.07, 6.45) is 2.02. The van der Waals surface area contributed by atoms with Crippen molar-refractivity contribution in [2.24, 2.45) is 0 Å². The van der Waals surface area contributed by atoms with Crippen LogP contribution in [0.4, 0.5) is 18.9 Å². The van der Waals surface area contributed by atoms with E-state index >= 15 is 0 Å². The SMILES string of the molecule is C=CC(=O)N(Cc1cnn(CC(F)(F)F)c1)c1cnn(CC(=O)NC)c1. The van der Waals surface area contributed by atoms with E-state index in [4.69, 9.17) is 0 Å². The Kier molecular flexibility index (Phi) is 5.80. The number of carbonyl (C=O) groups excluding carboxylic acids is 2. The Bertz CT molecular complexity index is 795. The molecule has 0 aromatic carbocycles. The molecule has 0 aliphatic rings. The first-order valence-electron chi connectivity index (χ1n) is 7.47. The molecule has 8 nitrogen and oxygen atoms in total. The van der Waals surface area contributed by atoms with Crippen LogP contribution < -0.4 is 10.2 Å². The van der Waals surface area contributed by atoms with Crippen LogP contribution >= 0.6 is 0 Å². The molecule has 0 atom stereocenters. The number of carbonyl (C=O) groups is 2. The molecule has 0 saturated carbocycles. The number of hydrogen-bond donors (Lipinski definition) is 1. The number of amides is 2. The van der Waals surface area contributed by atoms with Gasteiger partial charge in [-0.3, -0.25) is 19.0 Å². The molecule has 140 valence electrons. The Morgan fingerprint density at radius 1 is 1.27 bits per heavy atom. The molecule has 0 unspecified atom stereocenters. The van der Waals surface area contributed by atoms with E-state index in [0.29, 0.717) is 11.3 Å². The second-order valence-corrected chi connectivity index (χ2v) is 5.36. The highest BCUT2D eigenvalue weighted by molar-refractivity contribution is 6.00. The van der Waals surface area contributed by atoms with Crippen molar-refractivity contribution in [2.75, 3.05) is 11.9 Å². The molecular weight excluding hydrogens is 353 g/mol. The molecule has 0 spiro atoms. The summed E-state index contributed by atoms with van der Waals surface area (Å²) in [6.45, 7) is 2.15. The Balaban J connectivity index is 2.17. The minimum atomic E-state index is -4.39. The zero-order valence-electron chi connectivity index (χ0n) is 13.9. The molecule has 2 aromatic heterocycles. The van der Waals surface area contributed by atoms with Crippen molar-refractivity contribution in [3.8, 4) is 0 Å². The van der Waals surface area contributed by atoms with Gasteiger partial charge in [-0.1, -0.05) is 6.58 Å². The van der Waals surface area contributed by atoms with Crippen molar-refractivity contribution in [1.82, 2.24) is 24.9 Å². The van der Waals surface area contributed by atoms with Gasteiger partial charge in [-0.15, -0.1) is 0 Å². The molecule has 11 heteroatoms. The van der Waals surface area contributed by atoms with Crippen LogP contribution in [0.25, 0.3) is 0 Å². The van der Waals surface area contributed by atoms with Crippen LogP contribution in [0.1, 0.15) is 5.56 Å². The minimum Gasteiger partial charge on any atom is -0.358 e.